The van der Waals surface area contributed by atoms with E-state index in [2.05, 4.69) is 12.1 Å². The second kappa shape index (κ2) is 4.78. The van der Waals surface area contributed by atoms with Crippen LogP contribution in [-0.4, -0.2) is 34.2 Å². The first kappa shape index (κ1) is 9.07. The predicted octanol–water partition coefficient (Wildman–Crippen LogP) is 1.08. The third-order valence-electron chi connectivity index (χ3n) is 1.78. The molecule has 0 fully saturated rings. The molecule has 0 bridgehead atoms. The molecule has 1 aromatic carbocycles. The van der Waals surface area contributed by atoms with Crippen molar-refractivity contribution in [3.8, 4) is 0 Å². The standard InChI is InChI=1S/C9H11O.Sn.H/c1-8(7-10)9-5-3-2-4-6-9;;/h2-6,8,10H,1,7H2;;. The van der Waals surface area contributed by atoms with Crippen LogP contribution in [0.5, 0.6) is 0 Å². The van der Waals surface area contributed by atoms with Gasteiger partial charge >= 0.3 is 80.5 Å². The molecule has 0 aromatic heterocycles. The topological polar surface area (TPSA) is 20.2 Å². The van der Waals surface area contributed by atoms with Crippen molar-refractivity contribution in [2.75, 3.05) is 6.61 Å². The summed E-state index contributed by atoms with van der Waals surface area (Å²) in [5.74, 6) is 0.374. The van der Waals surface area contributed by atoms with Gasteiger partial charge in [0.1, 0.15) is 0 Å². The number of rotatable bonds is 3. The van der Waals surface area contributed by atoms with E-state index in [1.807, 2.05) is 18.2 Å². The predicted molar refractivity (Wildman–Crippen MR) is 48.2 cm³/mol. The van der Waals surface area contributed by atoms with E-state index in [1.54, 1.807) is 0 Å². The summed E-state index contributed by atoms with van der Waals surface area (Å²) in [7, 11) is 0. The Balaban J connectivity index is 2.74. The van der Waals surface area contributed by atoms with Crippen LogP contribution in [0.2, 0.25) is 4.44 Å². The van der Waals surface area contributed by atoms with Gasteiger partial charge in [-0.3, -0.25) is 0 Å². The van der Waals surface area contributed by atoms with Gasteiger partial charge < -0.3 is 0 Å². The minimum atomic E-state index is 0.283. The molecule has 0 aliphatic rings. The van der Waals surface area contributed by atoms with Gasteiger partial charge in [0.15, 0.2) is 0 Å². The Morgan fingerprint density at radius 3 is 2.36 bits per heavy atom. The third kappa shape index (κ3) is 2.49. The maximum atomic E-state index is 9.00. The van der Waals surface area contributed by atoms with Gasteiger partial charge in [-0.15, -0.1) is 0 Å². The van der Waals surface area contributed by atoms with Crippen LogP contribution in [0.1, 0.15) is 11.5 Å². The van der Waals surface area contributed by atoms with Crippen molar-refractivity contribution in [3.05, 3.63) is 35.9 Å². The van der Waals surface area contributed by atoms with E-state index in [1.165, 1.54) is 28.1 Å². The summed E-state index contributed by atoms with van der Waals surface area (Å²) in [5.41, 5.74) is 1.27. The van der Waals surface area contributed by atoms with Gasteiger partial charge in [0.2, 0.25) is 0 Å². The van der Waals surface area contributed by atoms with Gasteiger partial charge in [-0.2, -0.15) is 0 Å². The van der Waals surface area contributed by atoms with Crippen molar-refractivity contribution in [1.82, 2.24) is 0 Å². The Labute approximate surface area is 80.5 Å². The van der Waals surface area contributed by atoms with Crippen LogP contribution < -0.4 is 0 Å². The zero-order valence-corrected chi connectivity index (χ0v) is 9.70. The summed E-state index contributed by atoms with van der Waals surface area (Å²) in [6.07, 6.45) is 0. The Morgan fingerprint density at radius 1 is 1.27 bits per heavy atom. The molecular formula is C9H12OSn. The van der Waals surface area contributed by atoms with E-state index in [-0.39, 0.29) is 6.61 Å². The SMILES string of the molecule is OCC([CH2][SnH])c1ccccc1. The monoisotopic (exact) mass is 256 g/mol. The quantitative estimate of drug-likeness (QED) is 0.801. The van der Waals surface area contributed by atoms with Crippen LogP contribution in [0.4, 0.5) is 0 Å². The first-order chi connectivity index (χ1) is 5.38. The van der Waals surface area contributed by atoms with Gasteiger partial charge in [-0.05, 0) is 0 Å². The zero-order chi connectivity index (χ0) is 8.10. The molecule has 1 aromatic rings. The molecule has 1 N–H and O–H groups in total. The summed E-state index contributed by atoms with van der Waals surface area (Å²) in [5, 5.41) is 9.00. The molecule has 0 spiro atoms. The van der Waals surface area contributed by atoms with E-state index < -0.39 is 0 Å². The van der Waals surface area contributed by atoms with Crippen molar-refractivity contribution >= 4 is 22.5 Å². The van der Waals surface area contributed by atoms with Gasteiger partial charge in [0.25, 0.3) is 0 Å². The van der Waals surface area contributed by atoms with Crippen LogP contribution in [-0.2, 0) is 0 Å². The molecule has 1 atom stereocenters. The molecule has 0 aliphatic heterocycles. The van der Waals surface area contributed by atoms with Crippen LogP contribution >= 0.6 is 0 Å². The van der Waals surface area contributed by atoms with E-state index in [4.69, 9.17) is 5.11 Å². The number of aliphatic hydroxyl groups is 1. The molecule has 11 heavy (non-hydrogen) atoms. The molecule has 0 heterocycles. The molecule has 0 amide bonds. The van der Waals surface area contributed by atoms with Crippen molar-refractivity contribution in [2.45, 2.75) is 10.4 Å². The van der Waals surface area contributed by atoms with Crippen LogP contribution in [0, 0.1) is 0 Å². The molecule has 2 heteroatoms. The van der Waals surface area contributed by atoms with Gasteiger partial charge in [-0.1, -0.05) is 0 Å². The van der Waals surface area contributed by atoms with Gasteiger partial charge in [-0.25, -0.2) is 0 Å². The first-order valence-corrected chi connectivity index (χ1v) is 6.07. The molecular weight excluding hydrogens is 243 g/mol. The average Bonchev–Trinajstić information content (AvgIpc) is 2.09. The third-order valence-corrected chi connectivity index (χ3v) is 3.40. The van der Waals surface area contributed by atoms with E-state index in [0.29, 0.717) is 5.92 Å². The Hall–Kier alpha value is -0.0213. The van der Waals surface area contributed by atoms with Gasteiger partial charge in [0, 0.05) is 0 Å². The fraction of sp³-hybridized carbons (Fsp3) is 0.333. The van der Waals surface area contributed by atoms with Crippen molar-refractivity contribution in [1.29, 1.82) is 0 Å². The van der Waals surface area contributed by atoms with Crippen LogP contribution in [0.3, 0.4) is 0 Å². The minimum absolute atomic E-state index is 0.283. The number of aliphatic hydroxyl groups excluding tert-OH is 1. The average molecular weight is 255 g/mol. The first-order valence-electron chi connectivity index (χ1n) is 3.74. The molecule has 1 unspecified atom stereocenters. The molecule has 1 nitrogen and oxygen atoms in total. The molecule has 2 radical (unpaired) electrons. The van der Waals surface area contributed by atoms with Crippen molar-refractivity contribution in [2.24, 2.45) is 0 Å². The molecule has 0 saturated heterocycles. The van der Waals surface area contributed by atoms with E-state index in [9.17, 15) is 0 Å². The molecule has 0 aliphatic carbocycles. The number of hydrogen-bond acceptors (Lipinski definition) is 1. The zero-order valence-electron chi connectivity index (χ0n) is 6.40. The fourth-order valence-corrected chi connectivity index (χ4v) is 2.24. The molecule has 58 valence electrons. The summed E-state index contributed by atoms with van der Waals surface area (Å²) >= 11 is 1.22. The maximum absolute atomic E-state index is 9.00. The van der Waals surface area contributed by atoms with Crippen molar-refractivity contribution < 1.29 is 5.11 Å². The Morgan fingerprint density at radius 2 is 1.91 bits per heavy atom. The van der Waals surface area contributed by atoms with Gasteiger partial charge in [0.05, 0.1) is 0 Å². The van der Waals surface area contributed by atoms with E-state index in [0.717, 1.165) is 4.44 Å². The Bertz CT molecular complexity index is 194. The summed E-state index contributed by atoms with van der Waals surface area (Å²) in [4.78, 5) is 0. The number of benzene rings is 1. The molecule has 1 rings (SSSR count). The number of hydrogen-bond donors (Lipinski definition) is 1. The van der Waals surface area contributed by atoms with Crippen molar-refractivity contribution in [3.63, 3.8) is 0 Å². The summed E-state index contributed by atoms with van der Waals surface area (Å²) in [6, 6.07) is 10.2. The second-order valence-corrected chi connectivity index (χ2v) is 3.87. The normalized spacial score (nSPS) is 12.9. The fourth-order valence-electron chi connectivity index (χ4n) is 1.04. The second-order valence-electron chi connectivity index (χ2n) is 2.53. The van der Waals surface area contributed by atoms with Crippen LogP contribution in [0.25, 0.3) is 0 Å². The Kier molecular flexibility index (Phi) is 3.94. The summed E-state index contributed by atoms with van der Waals surface area (Å²) in [6.45, 7) is 0.283. The summed E-state index contributed by atoms with van der Waals surface area (Å²) < 4.78 is 1.13. The van der Waals surface area contributed by atoms with Crippen LogP contribution in [0.15, 0.2) is 30.3 Å². The van der Waals surface area contributed by atoms with E-state index >= 15 is 0 Å². The molecule has 0 saturated carbocycles.